The van der Waals surface area contributed by atoms with Gasteiger partial charge in [-0.3, -0.25) is 9.69 Å². The molecule has 3 aromatic rings. The molecule has 2 heterocycles. The van der Waals surface area contributed by atoms with Crippen molar-refractivity contribution in [3.8, 4) is 11.5 Å². The molecule has 1 unspecified atom stereocenters. The number of aromatic nitrogens is 1. The van der Waals surface area contributed by atoms with E-state index in [1.54, 1.807) is 24.1 Å². The van der Waals surface area contributed by atoms with Crippen molar-refractivity contribution in [3.63, 3.8) is 0 Å². The van der Waals surface area contributed by atoms with Crippen molar-refractivity contribution in [2.75, 3.05) is 31.8 Å². The zero-order chi connectivity index (χ0) is 20.2. The molecule has 1 atom stereocenters. The van der Waals surface area contributed by atoms with E-state index >= 15 is 0 Å². The van der Waals surface area contributed by atoms with Crippen LogP contribution in [-0.4, -0.2) is 43.9 Å². The Morgan fingerprint density at radius 3 is 2.93 bits per heavy atom. The fourth-order valence-electron chi connectivity index (χ4n) is 3.42. The topological polar surface area (TPSA) is 60.9 Å². The Kier molecular flexibility index (Phi) is 5.97. The van der Waals surface area contributed by atoms with Crippen molar-refractivity contribution >= 4 is 32.6 Å². The molecule has 1 saturated heterocycles. The monoisotopic (exact) mass is 412 g/mol. The lowest BCUT2D eigenvalue weighted by Gasteiger charge is -2.23. The minimum Gasteiger partial charge on any atom is -0.497 e. The quantitative estimate of drug-likeness (QED) is 0.571. The summed E-state index contributed by atoms with van der Waals surface area (Å²) in [6.45, 7) is 3.78. The van der Waals surface area contributed by atoms with Gasteiger partial charge in [0.1, 0.15) is 11.5 Å². The molecule has 0 bridgehead atoms. The van der Waals surface area contributed by atoms with Crippen LogP contribution in [-0.2, 0) is 4.74 Å². The van der Waals surface area contributed by atoms with Crippen molar-refractivity contribution in [1.82, 2.24) is 4.98 Å². The zero-order valence-electron chi connectivity index (χ0n) is 16.6. The summed E-state index contributed by atoms with van der Waals surface area (Å²) in [6.07, 6.45) is 1.99. The number of ether oxygens (including phenoxy) is 3. The van der Waals surface area contributed by atoms with Crippen LogP contribution in [0.1, 0.15) is 30.1 Å². The third-order valence-corrected chi connectivity index (χ3v) is 5.90. The van der Waals surface area contributed by atoms with Crippen LogP contribution < -0.4 is 14.4 Å². The summed E-state index contributed by atoms with van der Waals surface area (Å²) in [4.78, 5) is 19.9. The minimum absolute atomic E-state index is 0.0237. The molecule has 6 nitrogen and oxygen atoms in total. The molecule has 0 aliphatic carbocycles. The van der Waals surface area contributed by atoms with Gasteiger partial charge in [-0.25, -0.2) is 4.98 Å². The highest BCUT2D eigenvalue weighted by Gasteiger charge is 2.27. The second kappa shape index (κ2) is 8.80. The molecule has 4 rings (SSSR count). The summed E-state index contributed by atoms with van der Waals surface area (Å²) in [5, 5.41) is 0.664. The van der Waals surface area contributed by atoms with Crippen molar-refractivity contribution in [2.24, 2.45) is 0 Å². The molecular weight excluding hydrogens is 388 g/mol. The van der Waals surface area contributed by atoms with E-state index in [0.29, 0.717) is 29.6 Å². The van der Waals surface area contributed by atoms with Gasteiger partial charge >= 0.3 is 0 Å². The van der Waals surface area contributed by atoms with Gasteiger partial charge in [0, 0.05) is 12.2 Å². The molecule has 29 heavy (non-hydrogen) atoms. The van der Waals surface area contributed by atoms with Gasteiger partial charge in [-0.2, -0.15) is 0 Å². The average molecular weight is 413 g/mol. The first-order valence-electron chi connectivity index (χ1n) is 9.79. The fourth-order valence-corrected chi connectivity index (χ4v) is 4.42. The molecule has 1 aliphatic heterocycles. The Hall–Kier alpha value is -2.64. The number of hydrogen-bond acceptors (Lipinski definition) is 6. The SMILES string of the molecule is CCOc1ccc2nc(N(CC3CCCO3)C(=O)c3cccc(OC)c3)sc2c1. The number of thiazole rings is 1. The number of methoxy groups -OCH3 is 1. The predicted octanol–water partition coefficient (Wildman–Crippen LogP) is 4.53. The van der Waals surface area contributed by atoms with E-state index in [4.69, 9.17) is 19.2 Å². The summed E-state index contributed by atoms with van der Waals surface area (Å²) in [7, 11) is 1.59. The van der Waals surface area contributed by atoms with E-state index in [2.05, 4.69) is 0 Å². The molecule has 0 spiro atoms. The van der Waals surface area contributed by atoms with Crippen LogP contribution in [0.4, 0.5) is 5.13 Å². The molecule has 1 aromatic heterocycles. The third-order valence-electron chi connectivity index (χ3n) is 4.86. The number of benzene rings is 2. The summed E-state index contributed by atoms with van der Waals surface area (Å²) in [6, 6.07) is 13.0. The molecule has 0 saturated carbocycles. The standard InChI is InChI=1S/C22H24N2O4S/c1-3-27-17-9-10-19-20(13-17)29-22(23-19)24(14-18-8-5-11-28-18)21(25)15-6-4-7-16(12-15)26-2/h4,6-7,9-10,12-13,18H,3,5,8,11,14H2,1-2H3. The number of carbonyl (C=O) groups excluding carboxylic acids is 1. The van der Waals surface area contributed by atoms with E-state index in [-0.39, 0.29) is 12.0 Å². The van der Waals surface area contributed by atoms with Gasteiger partial charge in [0.2, 0.25) is 0 Å². The maximum Gasteiger partial charge on any atom is 0.260 e. The molecular formula is C22H24N2O4S. The number of amides is 1. The minimum atomic E-state index is -0.108. The van der Waals surface area contributed by atoms with E-state index in [1.165, 1.54) is 11.3 Å². The third kappa shape index (κ3) is 4.36. The highest BCUT2D eigenvalue weighted by molar-refractivity contribution is 7.22. The van der Waals surface area contributed by atoms with E-state index in [0.717, 1.165) is 35.4 Å². The number of nitrogens with zero attached hydrogens (tertiary/aromatic N) is 2. The Balaban J connectivity index is 1.69. The van der Waals surface area contributed by atoms with Gasteiger partial charge in [0.05, 0.1) is 36.6 Å². The van der Waals surface area contributed by atoms with E-state index in [1.807, 2.05) is 37.3 Å². The van der Waals surface area contributed by atoms with Gasteiger partial charge < -0.3 is 14.2 Å². The van der Waals surface area contributed by atoms with Crippen LogP contribution in [0.3, 0.4) is 0 Å². The van der Waals surface area contributed by atoms with E-state index in [9.17, 15) is 4.79 Å². The molecule has 7 heteroatoms. The van der Waals surface area contributed by atoms with Crippen molar-refractivity contribution < 1.29 is 19.0 Å². The summed E-state index contributed by atoms with van der Waals surface area (Å²) >= 11 is 1.49. The lowest BCUT2D eigenvalue weighted by Crippen LogP contribution is -2.37. The lowest BCUT2D eigenvalue weighted by molar-refractivity contribution is 0.0917. The van der Waals surface area contributed by atoms with Gasteiger partial charge in [0.25, 0.3) is 5.91 Å². The molecule has 1 amide bonds. The highest BCUT2D eigenvalue weighted by atomic mass is 32.1. The first kappa shape index (κ1) is 19.7. The lowest BCUT2D eigenvalue weighted by atomic mass is 10.1. The second-order valence-electron chi connectivity index (χ2n) is 6.84. The molecule has 1 fully saturated rings. The van der Waals surface area contributed by atoms with Crippen molar-refractivity contribution in [1.29, 1.82) is 0 Å². The Morgan fingerprint density at radius 2 is 2.17 bits per heavy atom. The number of fused-ring (bicyclic) bond motifs is 1. The van der Waals surface area contributed by atoms with Crippen LogP contribution in [0.25, 0.3) is 10.2 Å². The maximum absolute atomic E-state index is 13.4. The molecule has 0 N–H and O–H groups in total. The highest BCUT2D eigenvalue weighted by Crippen LogP contribution is 2.33. The smallest absolute Gasteiger partial charge is 0.260 e. The van der Waals surface area contributed by atoms with Crippen LogP contribution in [0, 0.1) is 0 Å². The molecule has 152 valence electrons. The van der Waals surface area contributed by atoms with Gasteiger partial charge in [-0.05, 0) is 56.2 Å². The van der Waals surface area contributed by atoms with Gasteiger partial charge in [-0.1, -0.05) is 17.4 Å². The van der Waals surface area contributed by atoms with Crippen molar-refractivity contribution in [2.45, 2.75) is 25.9 Å². The largest absolute Gasteiger partial charge is 0.497 e. The number of anilines is 1. The zero-order valence-corrected chi connectivity index (χ0v) is 17.4. The van der Waals surface area contributed by atoms with Crippen molar-refractivity contribution in [3.05, 3.63) is 48.0 Å². The molecule has 1 aliphatic rings. The summed E-state index contributed by atoms with van der Waals surface area (Å²) in [5.41, 5.74) is 1.42. The van der Waals surface area contributed by atoms with Crippen LogP contribution in [0.5, 0.6) is 11.5 Å². The molecule has 2 aromatic carbocycles. The number of hydrogen-bond donors (Lipinski definition) is 0. The summed E-state index contributed by atoms with van der Waals surface area (Å²) < 4.78 is 17.7. The first-order chi connectivity index (χ1) is 14.2. The fraction of sp³-hybridized carbons (Fsp3) is 0.364. The Labute approximate surface area is 174 Å². The van der Waals surface area contributed by atoms with Crippen LogP contribution in [0.15, 0.2) is 42.5 Å². The maximum atomic E-state index is 13.4. The van der Waals surface area contributed by atoms with E-state index < -0.39 is 0 Å². The summed E-state index contributed by atoms with van der Waals surface area (Å²) in [5.74, 6) is 1.35. The number of rotatable bonds is 7. The predicted molar refractivity (Wildman–Crippen MR) is 114 cm³/mol. The number of carbonyl (C=O) groups is 1. The van der Waals surface area contributed by atoms with Crippen LogP contribution >= 0.6 is 11.3 Å². The van der Waals surface area contributed by atoms with Gasteiger partial charge in [0.15, 0.2) is 5.13 Å². The first-order valence-corrected chi connectivity index (χ1v) is 10.6. The Bertz CT molecular complexity index is 997. The normalized spacial score (nSPS) is 16.1. The molecule has 0 radical (unpaired) electrons. The second-order valence-corrected chi connectivity index (χ2v) is 7.85. The van der Waals surface area contributed by atoms with Crippen LogP contribution in [0.2, 0.25) is 0 Å². The average Bonchev–Trinajstić information content (AvgIpc) is 3.41. The van der Waals surface area contributed by atoms with Gasteiger partial charge in [-0.15, -0.1) is 0 Å². The Morgan fingerprint density at radius 1 is 1.28 bits per heavy atom.